The molecule has 0 spiro atoms. The molecule has 8 heteroatoms. The maximum atomic E-state index is 13.8. The van der Waals surface area contributed by atoms with Gasteiger partial charge in [-0.2, -0.15) is 0 Å². The van der Waals surface area contributed by atoms with Crippen LogP contribution in [0, 0.1) is 5.82 Å². The van der Waals surface area contributed by atoms with Crippen molar-refractivity contribution in [3.05, 3.63) is 89.2 Å². The SMILES string of the molecule is Fc1ccc(-c2[nH]c3ccccc3c2C2Nn3c(nnc3-c3ccccc3)S2)cc1Cl. The van der Waals surface area contributed by atoms with Gasteiger partial charge in [0, 0.05) is 27.6 Å². The second kappa shape index (κ2) is 7.14. The van der Waals surface area contributed by atoms with Crippen molar-refractivity contribution in [1.82, 2.24) is 19.9 Å². The van der Waals surface area contributed by atoms with Gasteiger partial charge in [0.15, 0.2) is 5.82 Å². The van der Waals surface area contributed by atoms with Crippen LogP contribution in [0.15, 0.2) is 78.0 Å². The molecule has 5 nitrogen and oxygen atoms in total. The molecule has 1 atom stereocenters. The van der Waals surface area contributed by atoms with Crippen LogP contribution < -0.4 is 5.43 Å². The lowest BCUT2D eigenvalue weighted by Crippen LogP contribution is -2.14. The molecule has 3 heterocycles. The first-order valence-corrected chi connectivity index (χ1v) is 10.9. The summed E-state index contributed by atoms with van der Waals surface area (Å²) < 4.78 is 15.7. The standard InChI is InChI=1S/C23H15ClFN5S/c24-16-12-14(10-11-17(16)25)20-19(15-8-4-5-9-18(15)26-20)22-29-30-21(27-28-23(30)31-22)13-6-2-1-3-7-13/h1-12,22,26,29H. The van der Waals surface area contributed by atoms with Crippen molar-refractivity contribution in [2.45, 2.75) is 10.5 Å². The lowest BCUT2D eigenvalue weighted by molar-refractivity contribution is 0.628. The Balaban J connectivity index is 1.47. The van der Waals surface area contributed by atoms with Crippen molar-refractivity contribution < 1.29 is 4.39 Å². The number of halogens is 2. The second-order valence-electron chi connectivity index (χ2n) is 7.22. The van der Waals surface area contributed by atoms with Gasteiger partial charge in [-0.15, -0.1) is 10.2 Å². The van der Waals surface area contributed by atoms with Crippen LogP contribution in [0.25, 0.3) is 33.5 Å². The lowest BCUT2D eigenvalue weighted by Gasteiger charge is -2.14. The second-order valence-corrected chi connectivity index (χ2v) is 8.70. The summed E-state index contributed by atoms with van der Waals surface area (Å²) in [7, 11) is 0. The summed E-state index contributed by atoms with van der Waals surface area (Å²) in [5.74, 6) is 0.326. The van der Waals surface area contributed by atoms with E-state index in [1.807, 2.05) is 53.2 Å². The fraction of sp³-hybridized carbons (Fsp3) is 0.0435. The predicted molar refractivity (Wildman–Crippen MR) is 122 cm³/mol. The quantitative estimate of drug-likeness (QED) is 0.344. The molecule has 0 fully saturated rings. The third-order valence-electron chi connectivity index (χ3n) is 5.35. The molecule has 0 aliphatic carbocycles. The Morgan fingerprint density at radius 1 is 0.935 bits per heavy atom. The molecule has 0 bridgehead atoms. The molecule has 31 heavy (non-hydrogen) atoms. The smallest absolute Gasteiger partial charge is 0.212 e. The molecule has 1 aliphatic heterocycles. The largest absolute Gasteiger partial charge is 0.354 e. The Hall–Kier alpha value is -3.29. The Labute approximate surface area is 186 Å². The third kappa shape index (κ3) is 3.00. The van der Waals surface area contributed by atoms with E-state index in [4.69, 9.17) is 11.6 Å². The van der Waals surface area contributed by atoms with Crippen molar-refractivity contribution in [1.29, 1.82) is 0 Å². The average Bonchev–Trinajstić information content (AvgIpc) is 3.48. The number of benzene rings is 3. The topological polar surface area (TPSA) is 58.5 Å². The van der Waals surface area contributed by atoms with Gasteiger partial charge in [-0.3, -0.25) is 0 Å². The number of para-hydroxylation sites is 1. The zero-order valence-electron chi connectivity index (χ0n) is 16.0. The minimum Gasteiger partial charge on any atom is -0.354 e. The van der Waals surface area contributed by atoms with Crippen molar-refractivity contribution in [2.75, 3.05) is 5.43 Å². The van der Waals surface area contributed by atoms with Gasteiger partial charge in [-0.25, -0.2) is 9.07 Å². The molecule has 3 aromatic carbocycles. The van der Waals surface area contributed by atoms with Gasteiger partial charge in [-0.1, -0.05) is 71.9 Å². The number of nitrogens with one attached hydrogen (secondary N) is 2. The zero-order chi connectivity index (χ0) is 20.9. The van der Waals surface area contributed by atoms with E-state index >= 15 is 0 Å². The minimum atomic E-state index is -0.435. The number of aromatic nitrogens is 4. The zero-order valence-corrected chi connectivity index (χ0v) is 17.6. The number of aromatic amines is 1. The van der Waals surface area contributed by atoms with Crippen LogP contribution in [-0.4, -0.2) is 19.9 Å². The number of thioether (sulfide) groups is 1. The van der Waals surface area contributed by atoms with Crippen LogP contribution in [0.5, 0.6) is 0 Å². The highest BCUT2D eigenvalue weighted by Gasteiger charge is 2.32. The number of rotatable bonds is 3. The molecule has 0 radical (unpaired) electrons. The summed E-state index contributed by atoms with van der Waals surface area (Å²) in [6.07, 6.45) is 0. The maximum Gasteiger partial charge on any atom is 0.212 e. The minimum absolute atomic E-state index is 0.0950. The van der Waals surface area contributed by atoms with Gasteiger partial charge in [0.2, 0.25) is 5.16 Å². The summed E-state index contributed by atoms with van der Waals surface area (Å²) in [6, 6.07) is 22.8. The summed E-state index contributed by atoms with van der Waals surface area (Å²) in [5, 5.41) is 10.6. The van der Waals surface area contributed by atoms with E-state index < -0.39 is 5.82 Å². The Morgan fingerprint density at radius 2 is 1.74 bits per heavy atom. The van der Waals surface area contributed by atoms with Crippen LogP contribution in [-0.2, 0) is 0 Å². The monoisotopic (exact) mass is 447 g/mol. The Morgan fingerprint density at radius 3 is 2.58 bits per heavy atom. The van der Waals surface area contributed by atoms with E-state index in [1.54, 1.807) is 23.9 Å². The van der Waals surface area contributed by atoms with Gasteiger partial charge in [-0.05, 0) is 24.3 Å². The van der Waals surface area contributed by atoms with Gasteiger partial charge in [0.05, 0.1) is 10.7 Å². The van der Waals surface area contributed by atoms with Crippen LogP contribution in [0.1, 0.15) is 10.9 Å². The highest BCUT2D eigenvalue weighted by Crippen LogP contribution is 2.46. The highest BCUT2D eigenvalue weighted by molar-refractivity contribution is 7.99. The van der Waals surface area contributed by atoms with Crippen molar-refractivity contribution in [3.8, 4) is 22.6 Å². The molecule has 1 aliphatic rings. The fourth-order valence-electron chi connectivity index (χ4n) is 3.92. The first kappa shape index (κ1) is 18.5. The normalized spacial score (nSPS) is 15.2. The van der Waals surface area contributed by atoms with Crippen LogP contribution >= 0.6 is 23.4 Å². The molecular formula is C23H15ClFN5S. The molecule has 0 saturated carbocycles. The molecular weight excluding hydrogens is 433 g/mol. The van der Waals surface area contributed by atoms with E-state index in [1.165, 1.54) is 6.07 Å². The van der Waals surface area contributed by atoms with E-state index in [0.29, 0.717) is 0 Å². The summed E-state index contributed by atoms with van der Waals surface area (Å²) in [5.41, 5.74) is 8.31. The summed E-state index contributed by atoms with van der Waals surface area (Å²) in [6.45, 7) is 0. The van der Waals surface area contributed by atoms with Gasteiger partial charge < -0.3 is 10.4 Å². The van der Waals surface area contributed by atoms with Crippen molar-refractivity contribution in [2.24, 2.45) is 0 Å². The highest BCUT2D eigenvalue weighted by atomic mass is 35.5. The van der Waals surface area contributed by atoms with Gasteiger partial charge >= 0.3 is 0 Å². The molecule has 0 amide bonds. The molecule has 2 aromatic heterocycles. The van der Waals surface area contributed by atoms with Crippen LogP contribution in [0.2, 0.25) is 5.02 Å². The predicted octanol–water partition coefficient (Wildman–Crippen LogP) is 6.23. The Bertz CT molecular complexity index is 1430. The Kier molecular flexibility index (Phi) is 4.26. The van der Waals surface area contributed by atoms with Crippen LogP contribution in [0.4, 0.5) is 4.39 Å². The first-order valence-electron chi connectivity index (χ1n) is 9.69. The van der Waals surface area contributed by atoms with E-state index in [0.717, 1.165) is 44.3 Å². The van der Waals surface area contributed by atoms with Crippen LogP contribution in [0.3, 0.4) is 0 Å². The van der Waals surface area contributed by atoms with E-state index in [2.05, 4.69) is 26.7 Å². The van der Waals surface area contributed by atoms with Crippen molar-refractivity contribution >= 4 is 34.3 Å². The van der Waals surface area contributed by atoms with E-state index in [-0.39, 0.29) is 10.4 Å². The average molecular weight is 448 g/mol. The molecule has 152 valence electrons. The number of hydrogen-bond acceptors (Lipinski definition) is 4. The summed E-state index contributed by atoms with van der Waals surface area (Å²) >= 11 is 7.68. The molecule has 1 unspecified atom stereocenters. The van der Waals surface area contributed by atoms with Gasteiger partial charge in [0.1, 0.15) is 11.2 Å². The number of nitrogens with zero attached hydrogens (tertiary/aromatic N) is 3. The number of H-pyrrole nitrogens is 1. The first-order chi connectivity index (χ1) is 15.2. The number of fused-ring (bicyclic) bond motifs is 2. The molecule has 6 rings (SSSR count). The molecule has 5 aromatic rings. The van der Waals surface area contributed by atoms with E-state index in [9.17, 15) is 4.39 Å². The third-order valence-corrected chi connectivity index (χ3v) is 6.69. The fourth-order valence-corrected chi connectivity index (χ4v) is 5.17. The molecule has 0 saturated heterocycles. The lowest BCUT2D eigenvalue weighted by atomic mass is 10.0. The van der Waals surface area contributed by atoms with Crippen molar-refractivity contribution in [3.63, 3.8) is 0 Å². The number of hydrogen-bond donors (Lipinski definition) is 2. The summed E-state index contributed by atoms with van der Waals surface area (Å²) in [4.78, 5) is 3.49. The maximum absolute atomic E-state index is 13.8. The van der Waals surface area contributed by atoms with Gasteiger partial charge in [0.25, 0.3) is 0 Å². The molecule has 2 N–H and O–H groups in total.